The number of nitrogens with zero attached hydrogens (tertiary/aromatic N) is 2. The monoisotopic (exact) mass is 632 g/mol. The number of carbonyl (C=O) groups is 4. The van der Waals surface area contributed by atoms with Crippen LogP contribution in [0.25, 0.3) is 17.0 Å². The van der Waals surface area contributed by atoms with E-state index in [2.05, 4.69) is 26.6 Å². The molecular formula is C29H21BrN4O6S. The number of nitrogens with one attached hydrogen (secondary N) is 2. The van der Waals surface area contributed by atoms with Crippen molar-refractivity contribution in [2.24, 2.45) is 0 Å². The Balaban J connectivity index is 1.17. The fraction of sp³-hybridized carbons (Fsp3) is 0.103. The predicted molar refractivity (Wildman–Crippen MR) is 159 cm³/mol. The fourth-order valence-electron chi connectivity index (χ4n) is 4.51. The summed E-state index contributed by atoms with van der Waals surface area (Å²) in [5.74, 6) is -0.104. The SMILES string of the molecule is O=C(CN1C(=O)S/C(=C\c2cn(CC(=O)Nc3ccc4c(c3)OCO4)c3ccccc23)C1=O)Nc1ccc(Br)cc1. The summed E-state index contributed by atoms with van der Waals surface area (Å²) < 4.78 is 13.3. The number of halogens is 1. The summed E-state index contributed by atoms with van der Waals surface area (Å²) in [4.78, 5) is 52.3. The van der Waals surface area contributed by atoms with Crippen molar-refractivity contribution in [3.63, 3.8) is 0 Å². The number of para-hydroxylation sites is 1. The van der Waals surface area contributed by atoms with E-state index in [1.54, 1.807) is 59.3 Å². The molecule has 6 rings (SSSR count). The largest absolute Gasteiger partial charge is 0.454 e. The number of imide groups is 1. The van der Waals surface area contributed by atoms with E-state index in [0.29, 0.717) is 28.4 Å². The summed E-state index contributed by atoms with van der Waals surface area (Å²) in [7, 11) is 0. The second-order valence-corrected chi connectivity index (χ2v) is 11.1. The second-order valence-electron chi connectivity index (χ2n) is 9.17. The summed E-state index contributed by atoms with van der Waals surface area (Å²) in [6.45, 7) is -0.246. The van der Waals surface area contributed by atoms with E-state index < -0.39 is 23.6 Å². The zero-order valence-electron chi connectivity index (χ0n) is 21.3. The average molecular weight is 633 g/mol. The topological polar surface area (TPSA) is 119 Å². The number of rotatable bonds is 7. The summed E-state index contributed by atoms with van der Waals surface area (Å²) in [6.07, 6.45) is 3.38. The van der Waals surface area contributed by atoms with Crippen molar-refractivity contribution >= 4 is 79.0 Å². The number of amides is 4. The Morgan fingerprint density at radius 1 is 0.902 bits per heavy atom. The molecule has 3 aromatic carbocycles. The molecule has 0 bridgehead atoms. The molecule has 2 aliphatic heterocycles. The van der Waals surface area contributed by atoms with E-state index in [-0.39, 0.29) is 24.2 Å². The van der Waals surface area contributed by atoms with Crippen LogP contribution in [0.15, 0.2) is 82.3 Å². The summed E-state index contributed by atoms with van der Waals surface area (Å²) in [5.41, 5.74) is 2.58. The van der Waals surface area contributed by atoms with Gasteiger partial charge in [-0.3, -0.25) is 24.1 Å². The molecule has 10 nitrogen and oxygen atoms in total. The lowest BCUT2D eigenvalue weighted by atomic mass is 10.1. The molecular weight excluding hydrogens is 612 g/mol. The number of ether oxygens (including phenoxy) is 2. The molecule has 2 aliphatic rings. The summed E-state index contributed by atoms with van der Waals surface area (Å²) >= 11 is 4.11. The first kappa shape index (κ1) is 26.7. The molecule has 4 amide bonds. The Labute approximate surface area is 246 Å². The van der Waals surface area contributed by atoms with E-state index in [4.69, 9.17) is 9.47 Å². The highest BCUT2D eigenvalue weighted by atomic mass is 79.9. The lowest BCUT2D eigenvalue weighted by Gasteiger charge is -2.12. The van der Waals surface area contributed by atoms with E-state index in [1.807, 2.05) is 24.3 Å². The number of thioether (sulfide) groups is 1. The molecule has 4 aromatic rings. The van der Waals surface area contributed by atoms with Crippen LogP contribution in [-0.2, 0) is 20.9 Å². The number of carbonyl (C=O) groups excluding carboxylic acids is 4. The van der Waals surface area contributed by atoms with Gasteiger partial charge in [0.15, 0.2) is 11.5 Å². The van der Waals surface area contributed by atoms with Gasteiger partial charge in [-0.25, -0.2) is 0 Å². The third-order valence-corrected chi connectivity index (χ3v) is 7.82. The van der Waals surface area contributed by atoms with Crippen LogP contribution in [0.1, 0.15) is 5.56 Å². The highest BCUT2D eigenvalue weighted by molar-refractivity contribution is 9.10. The first-order chi connectivity index (χ1) is 19.8. The van der Waals surface area contributed by atoms with Crippen molar-refractivity contribution in [1.29, 1.82) is 0 Å². The molecule has 1 aromatic heterocycles. The maximum atomic E-state index is 13.1. The molecule has 0 saturated carbocycles. The predicted octanol–water partition coefficient (Wildman–Crippen LogP) is 5.45. The van der Waals surface area contributed by atoms with Gasteiger partial charge in [-0.15, -0.1) is 0 Å². The van der Waals surface area contributed by atoms with E-state index in [0.717, 1.165) is 32.0 Å². The molecule has 0 atom stereocenters. The van der Waals surface area contributed by atoms with Gasteiger partial charge in [0.2, 0.25) is 18.6 Å². The van der Waals surface area contributed by atoms with E-state index >= 15 is 0 Å². The van der Waals surface area contributed by atoms with Gasteiger partial charge >= 0.3 is 0 Å². The van der Waals surface area contributed by atoms with Gasteiger partial charge in [0.25, 0.3) is 11.1 Å². The van der Waals surface area contributed by atoms with Crippen LogP contribution >= 0.6 is 27.7 Å². The minimum atomic E-state index is -0.552. The van der Waals surface area contributed by atoms with Crippen molar-refractivity contribution in [3.05, 3.63) is 87.9 Å². The standard InChI is InChI=1S/C29H21BrN4O6S/c30-18-5-7-19(8-6-18)31-27(36)15-34-28(37)25(41-29(34)38)11-17-13-33(22-4-2-1-3-21(17)22)14-26(35)32-20-9-10-23-24(12-20)40-16-39-23/h1-13H,14-16H2,(H,31,36)(H,32,35)/b25-11-. The molecule has 0 aliphatic carbocycles. The van der Waals surface area contributed by atoms with E-state index in [9.17, 15) is 19.2 Å². The number of anilines is 2. The quantitative estimate of drug-likeness (QED) is 0.260. The van der Waals surface area contributed by atoms with Crippen LogP contribution in [-0.4, -0.2) is 45.8 Å². The van der Waals surface area contributed by atoms with Crippen LogP contribution in [0.5, 0.6) is 11.5 Å². The van der Waals surface area contributed by atoms with Gasteiger partial charge in [0.05, 0.1) is 4.91 Å². The van der Waals surface area contributed by atoms with E-state index in [1.165, 1.54) is 0 Å². The highest BCUT2D eigenvalue weighted by Gasteiger charge is 2.36. The zero-order chi connectivity index (χ0) is 28.5. The first-order valence-electron chi connectivity index (χ1n) is 12.4. The van der Waals surface area contributed by atoms with Crippen molar-refractivity contribution in [2.45, 2.75) is 6.54 Å². The van der Waals surface area contributed by atoms with Crippen molar-refractivity contribution in [3.8, 4) is 11.5 Å². The number of fused-ring (bicyclic) bond motifs is 2. The Morgan fingerprint density at radius 2 is 1.61 bits per heavy atom. The molecule has 12 heteroatoms. The number of benzene rings is 3. The summed E-state index contributed by atoms with van der Waals surface area (Å²) in [5, 5.41) is 5.83. The van der Waals surface area contributed by atoms with Gasteiger partial charge < -0.3 is 24.7 Å². The van der Waals surface area contributed by atoms with Crippen LogP contribution in [0, 0.1) is 0 Å². The van der Waals surface area contributed by atoms with Crippen LogP contribution in [0.4, 0.5) is 16.2 Å². The maximum absolute atomic E-state index is 13.1. The minimum Gasteiger partial charge on any atom is -0.454 e. The van der Waals surface area contributed by atoms with Crippen LogP contribution in [0.3, 0.4) is 0 Å². The zero-order valence-corrected chi connectivity index (χ0v) is 23.7. The second kappa shape index (κ2) is 11.1. The Morgan fingerprint density at radius 3 is 2.44 bits per heavy atom. The molecule has 1 saturated heterocycles. The summed E-state index contributed by atoms with van der Waals surface area (Å²) in [6, 6.07) is 19.6. The first-order valence-corrected chi connectivity index (χ1v) is 14.0. The third kappa shape index (κ3) is 5.70. The number of hydrogen-bond donors (Lipinski definition) is 2. The maximum Gasteiger partial charge on any atom is 0.294 e. The fourth-order valence-corrected chi connectivity index (χ4v) is 5.60. The Kier molecular flexibility index (Phi) is 7.25. The lowest BCUT2D eigenvalue weighted by molar-refractivity contribution is -0.127. The minimum absolute atomic E-state index is 0.0144. The van der Waals surface area contributed by atoms with Gasteiger partial charge in [0.1, 0.15) is 13.1 Å². The van der Waals surface area contributed by atoms with Crippen molar-refractivity contribution in [1.82, 2.24) is 9.47 Å². The normalized spacial score (nSPS) is 15.1. The molecule has 0 unspecified atom stereocenters. The molecule has 0 radical (unpaired) electrons. The molecule has 3 heterocycles. The molecule has 1 fully saturated rings. The van der Waals surface area contributed by atoms with Crippen LogP contribution < -0.4 is 20.1 Å². The van der Waals surface area contributed by atoms with Crippen molar-refractivity contribution < 1.29 is 28.7 Å². The van der Waals surface area contributed by atoms with Crippen molar-refractivity contribution in [2.75, 3.05) is 24.0 Å². The third-order valence-electron chi connectivity index (χ3n) is 6.38. The molecule has 206 valence electrons. The van der Waals surface area contributed by atoms with Crippen LogP contribution in [0.2, 0.25) is 0 Å². The molecule has 2 N–H and O–H groups in total. The Bertz CT molecular complexity index is 1750. The van der Waals surface area contributed by atoms with Gasteiger partial charge in [-0.1, -0.05) is 34.1 Å². The highest BCUT2D eigenvalue weighted by Crippen LogP contribution is 2.35. The Hall–Kier alpha value is -4.55. The van der Waals surface area contributed by atoms with Gasteiger partial charge in [-0.05, 0) is 60.3 Å². The molecule has 41 heavy (non-hydrogen) atoms. The smallest absolute Gasteiger partial charge is 0.294 e. The number of aromatic nitrogens is 1. The van der Waals surface area contributed by atoms with Gasteiger partial charge in [-0.2, -0.15) is 0 Å². The van der Waals surface area contributed by atoms with Gasteiger partial charge in [0, 0.05) is 44.6 Å². The number of hydrogen-bond acceptors (Lipinski definition) is 7. The average Bonchev–Trinajstić information content (AvgIpc) is 3.63. The molecule has 0 spiro atoms. The lowest BCUT2D eigenvalue weighted by Crippen LogP contribution is -2.36.